The molecule has 0 aliphatic heterocycles. The van der Waals surface area contributed by atoms with Crippen molar-refractivity contribution in [1.82, 2.24) is 0 Å². The maximum Gasteiger partial charge on any atom is 0.120 e. The van der Waals surface area contributed by atoms with Crippen LogP contribution in [-0.4, -0.2) is 13.7 Å². The van der Waals surface area contributed by atoms with Crippen molar-refractivity contribution >= 4 is 15.9 Å². The van der Waals surface area contributed by atoms with Crippen LogP contribution in [0.1, 0.15) is 24.1 Å². The van der Waals surface area contributed by atoms with Gasteiger partial charge in [0.15, 0.2) is 0 Å². The molecule has 0 aliphatic rings. The van der Waals surface area contributed by atoms with E-state index in [0.29, 0.717) is 6.61 Å². The van der Waals surface area contributed by atoms with Crippen molar-refractivity contribution in [3.05, 3.63) is 58.1 Å². The van der Waals surface area contributed by atoms with E-state index in [2.05, 4.69) is 22.0 Å². The molecule has 0 heterocycles. The van der Waals surface area contributed by atoms with E-state index in [9.17, 15) is 0 Å². The average molecular weight is 350 g/mol. The lowest BCUT2D eigenvalue weighted by atomic mass is 9.99. The summed E-state index contributed by atoms with van der Waals surface area (Å²) >= 11 is 3.57. The van der Waals surface area contributed by atoms with Crippen LogP contribution in [0.3, 0.4) is 0 Å². The van der Waals surface area contributed by atoms with Gasteiger partial charge in [0.05, 0.1) is 13.7 Å². The molecule has 1 atom stereocenters. The first kappa shape index (κ1) is 15.9. The third-order valence-electron chi connectivity index (χ3n) is 3.27. The number of ether oxygens (including phenoxy) is 2. The van der Waals surface area contributed by atoms with Gasteiger partial charge in [0, 0.05) is 10.5 Å². The number of nitrogens with two attached hydrogens (primary N) is 1. The van der Waals surface area contributed by atoms with Crippen molar-refractivity contribution in [2.75, 3.05) is 13.7 Å². The molecule has 2 rings (SSSR count). The van der Waals surface area contributed by atoms with Crippen LogP contribution >= 0.6 is 15.9 Å². The first-order valence-electron chi connectivity index (χ1n) is 6.94. The van der Waals surface area contributed by atoms with E-state index in [4.69, 9.17) is 15.2 Å². The second kappa shape index (κ2) is 7.48. The van der Waals surface area contributed by atoms with E-state index in [1.165, 1.54) is 0 Å². The van der Waals surface area contributed by atoms with E-state index in [1.807, 2.05) is 43.3 Å². The predicted molar refractivity (Wildman–Crippen MR) is 88.9 cm³/mol. The van der Waals surface area contributed by atoms with Crippen molar-refractivity contribution in [2.45, 2.75) is 19.4 Å². The van der Waals surface area contributed by atoms with E-state index >= 15 is 0 Å². The van der Waals surface area contributed by atoms with Crippen LogP contribution in [0.5, 0.6) is 11.5 Å². The van der Waals surface area contributed by atoms with Crippen molar-refractivity contribution in [3.63, 3.8) is 0 Å². The molecule has 1 unspecified atom stereocenters. The lowest BCUT2D eigenvalue weighted by Crippen LogP contribution is -2.14. The smallest absolute Gasteiger partial charge is 0.120 e. The zero-order valence-corrected chi connectivity index (χ0v) is 13.9. The normalized spacial score (nSPS) is 12.0. The highest BCUT2D eigenvalue weighted by Gasteiger charge is 2.12. The van der Waals surface area contributed by atoms with Gasteiger partial charge in [0.25, 0.3) is 0 Å². The molecule has 2 aromatic rings. The van der Waals surface area contributed by atoms with Gasteiger partial charge in [0.1, 0.15) is 11.5 Å². The minimum Gasteiger partial charge on any atom is -0.497 e. The molecule has 0 aliphatic carbocycles. The lowest BCUT2D eigenvalue weighted by molar-refractivity contribution is 0.340. The molecule has 112 valence electrons. The first-order valence-corrected chi connectivity index (χ1v) is 7.74. The summed E-state index contributed by atoms with van der Waals surface area (Å²) in [5.74, 6) is 1.70. The molecule has 0 amide bonds. The van der Waals surface area contributed by atoms with Crippen LogP contribution in [-0.2, 0) is 6.42 Å². The topological polar surface area (TPSA) is 44.5 Å². The SMILES string of the molecule is CCOc1ccc(C(N)Cc2cccc(OC)c2)c(Br)c1. The Bertz CT molecular complexity index is 601. The summed E-state index contributed by atoms with van der Waals surface area (Å²) in [6, 6.07) is 13.8. The van der Waals surface area contributed by atoms with Gasteiger partial charge in [-0.05, 0) is 48.7 Å². The Kier molecular flexibility index (Phi) is 5.65. The Morgan fingerprint density at radius 1 is 1.14 bits per heavy atom. The molecule has 3 nitrogen and oxygen atoms in total. The van der Waals surface area contributed by atoms with E-state index in [1.54, 1.807) is 7.11 Å². The van der Waals surface area contributed by atoms with Gasteiger partial charge in [0.2, 0.25) is 0 Å². The summed E-state index contributed by atoms with van der Waals surface area (Å²) in [5, 5.41) is 0. The molecule has 0 spiro atoms. The van der Waals surface area contributed by atoms with Crippen molar-refractivity contribution < 1.29 is 9.47 Å². The maximum absolute atomic E-state index is 6.33. The summed E-state index contributed by atoms with van der Waals surface area (Å²) in [7, 11) is 1.67. The minimum absolute atomic E-state index is 0.0813. The molecule has 0 aromatic heterocycles. The van der Waals surface area contributed by atoms with Crippen LogP contribution in [0.4, 0.5) is 0 Å². The third kappa shape index (κ3) is 4.22. The predicted octanol–water partition coefficient (Wildman–Crippen LogP) is 4.10. The molecule has 2 aromatic carbocycles. The van der Waals surface area contributed by atoms with Crippen LogP contribution in [0.15, 0.2) is 46.9 Å². The molecular formula is C17H20BrNO2. The Labute approximate surface area is 134 Å². The molecule has 21 heavy (non-hydrogen) atoms. The molecule has 0 saturated carbocycles. The fraction of sp³-hybridized carbons (Fsp3) is 0.294. The Morgan fingerprint density at radius 3 is 2.62 bits per heavy atom. The maximum atomic E-state index is 6.33. The minimum atomic E-state index is -0.0813. The molecule has 2 N–H and O–H groups in total. The van der Waals surface area contributed by atoms with Crippen LogP contribution in [0, 0.1) is 0 Å². The van der Waals surface area contributed by atoms with Gasteiger partial charge in [-0.3, -0.25) is 0 Å². The highest BCUT2D eigenvalue weighted by molar-refractivity contribution is 9.10. The van der Waals surface area contributed by atoms with E-state index in [-0.39, 0.29) is 6.04 Å². The molecular weight excluding hydrogens is 330 g/mol. The average Bonchev–Trinajstić information content (AvgIpc) is 2.47. The van der Waals surface area contributed by atoms with E-state index < -0.39 is 0 Å². The highest BCUT2D eigenvalue weighted by Crippen LogP contribution is 2.29. The number of hydrogen-bond acceptors (Lipinski definition) is 3. The van der Waals surface area contributed by atoms with Crippen molar-refractivity contribution in [1.29, 1.82) is 0 Å². The second-order valence-electron chi connectivity index (χ2n) is 4.78. The summed E-state index contributed by atoms with van der Waals surface area (Å²) in [6.07, 6.45) is 0.754. The molecule has 0 saturated heterocycles. The van der Waals surface area contributed by atoms with Gasteiger partial charge in [-0.1, -0.05) is 34.1 Å². The number of hydrogen-bond donors (Lipinski definition) is 1. The highest BCUT2D eigenvalue weighted by atomic mass is 79.9. The van der Waals surface area contributed by atoms with Crippen LogP contribution in [0.25, 0.3) is 0 Å². The van der Waals surface area contributed by atoms with Gasteiger partial charge in [-0.25, -0.2) is 0 Å². The zero-order chi connectivity index (χ0) is 15.2. The fourth-order valence-corrected chi connectivity index (χ4v) is 2.88. The van der Waals surface area contributed by atoms with Crippen LogP contribution < -0.4 is 15.2 Å². The third-order valence-corrected chi connectivity index (χ3v) is 3.96. The van der Waals surface area contributed by atoms with Gasteiger partial charge in [-0.2, -0.15) is 0 Å². The number of rotatable bonds is 6. The number of halogens is 1. The largest absolute Gasteiger partial charge is 0.497 e. The second-order valence-corrected chi connectivity index (χ2v) is 5.63. The molecule has 0 fully saturated rings. The summed E-state index contributed by atoms with van der Waals surface area (Å²) in [5.41, 5.74) is 8.56. The first-order chi connectivity index (χ1) is 10.1. The van der Waals surface area contributed by atoms with Gasteiger partial charge in [-0.15, -0.1) is 0 Å². The fourth-order valence-electron chi connectivity index (χ4n) is 2.23. The standard InChI is InChI=1S/C17H20BrNO2/c1-3-21-14-7-8-15(16(18)11-14)17(19)10-12-5-4-6-13(9-12)20-2/h4-9,11,17H,3,10,19H2,1-2H3. The Morgan fingerprint density at radius 2 is 1.95 bits per heavy atom. The monoisotopic (exact) mass is 349 g/mol. The van der Waals surface area contributed by atoms with Crippen molar-refractivity contribution in [2.24, 2.45) is 5.73 Å². The summed E-state index contributed by atoms with van der Waals surface area (Å²) < 4.78 is 11.7. The quantitative estimate of drug-likeness (QED) is 0.853. The van der Waals surface area contributed by atoms with Gasteiger partial charge < -0.3 is 15.2 Å². The zero-order valence-electron chi connectivity index (χ0n) is 12.3. The number of benzene rings is 2. The van der Waals surface area contributed by atoms with E-state index in [0.717, 1.165) is 33.5 Å². The van der Waals surface area contributed by atoms with Crippen molar-refractivity contribution in [3.8, 4) is 11.5 Å². The molecule has 4 heteroatoms. The Hall–Kier alpha value is -1.52. The lowest BCUT2D eigenvalue weighted by Gasteiger charge is -2.15. The summed E-state index contributed by atoms with van der Waals surface area (Å²) in [4.78, 5) is 0. The Balaban J connectivity index is 2.14. The van der Waals surface area contributed by atoms with Gasteiger partial charge >= 0.3 is 0 Å². The summed E-state index contributed by atoms with van der Waals surface area (Å²) in [6.45, 7) is 2.62. The number of methoxy groups -OCH3 is 1. The molecule has 0 radical (unpaired) electrons. The van der Waals surface area contributed by atoms with Crippen LogP contribution in [0.2, 0.25) is 0 Å². The molecule has 0 bridgehead atoms.